The molecule has 0 aliphatic heterocycles. The SMILES string of the molecule is CC(Cc1c(F)cccc1F)NC(=O)CS(=O)C1CCCCC1. The second kappa shape index (κ2) is 8.52. The van der Waals surface area contributed by atoms with Crippen molar-refractivity contribution in [2.75, 3.05) is 5.75 Å². The predicted octanol–water partition coefficient (Wildman–Crippen LogP) is 3.09. The van der Waals surface area contributed by atoms with Crippen LogP contribution in [0.15, 0.2) is 18.2 Å². The summed E-state index contributed by atoms with van der Waals surface area (Å²) in [7, 11) is -1.17. The number of carbonyl (C=O) groups is 1. The van der Waals surface area contributed by atoms with Gasteiger partial charge in [0.15, 0.2) is 0 Å². The lowest BCUT2D eigenvalue weighted by Crippen LogP contribution is -2.38. The molecule has 3 nitrogen and oxygen atoms in total. The van der Waals surface area contributed by atoms with Crippen molar-refractivity contribution < 1.29 is 17.8 Å². The number of halogens is 2. The van der Waals surface area contributed by atoms with Crippen molar-refractivity contribution in [3.8, 4) is 0 Å². The van der Waals surface area contributed by atoms with Gasteiger partial charge in [-0.05, 0) is 38.3 Å². The van der Waals surface area contributed by atoms with Gasteiger partial charge >= 0.3 is 0 Å². The van der Waals surface area contributed by atoms with E-state index in [9.17, 15) is 17.8 Å². The van der Waals surface area contributed by atoms with Gasteiger partial charge in [0.05, 0.1) is 0 Å². The minimum Gasteiger partial charge on any atom is -0.353 e. The van der Waals surface area contributed by atoms with Crippen LogP contribution in [0.3, 0.4) is 0 Å². The van der Waals surface area contributed by atoms with Crippen molar-refractivity contribution in [3.63, 3.8) is 0 Å². The lowest BCUT2D eigenvalue weighted by atomic mass is 10.0. The Morgan fingerprint density at radius 3 is 2.48 bits per heavy atom. The van der Waals surface area contributed by atoms with E-state index in [1.165, 1.54) is 24.6 Å². The second-order valence-corrected chi connectivity index (χ2v) is 7.87. The number of hydrogen-bond acceptors (Lipinski definition) is 2. The van der Waals surface area contributed by atoms with Crippen LogP contribution in [0.5, 0.6) is 0 Å². The number of nitrogens with one attached hydrogen (secondary N) is 1. The molecular weight excluding hydrogens is 320 g/mol. The van der Waals surface area contributed by atoms with E-state index in [2.05, 4.69) is 5.32 Å². The average molecular weight is 343 g/mol. The first-order chi connectivity index (χ1) is 11.0. The third kappa shape index (κ3) is 5.37. The van der Waals surface area contributed by atoms with Crippen LogP contribution in [-0.2, 0) is 22.0 Å². The van der Waals surface area contributed by atoms with Crippen molar-refractivity contribution in [2.24, 2.45) is 0 Å². The summed E-state index contributed by atoms with van der Waals surface area (Å²) in [6, 6.07) is 3.29. The Hall–Kier alpha value is -1.30. The molecular formula is C17H23F2NO2S. The fourth-order valence-corrected chi connectivity index (χ4v) is 4.41. The summed E-state index contributed by atoms with van der Waals surface area (Å²) in [6.45, 7) is 1.69. The van der Waals surface area contributed by atoms with Gasteiger partial charge in [-0.1, -0.05) is 25.3 Å². The van der Waals surface area contributed by atoms with Crippen molar-refractivity contribution in [1.82, 2.24) is 5.32 Å². The number of amides is 1. The molecule has 2 atom stereocenters. The molecule has 1 N–H and O–H groups in total. The minimum absolute atomic E-state index is 0.0330. The molecule has 0 spiro atoms. The third-order valence-corrected chi connectivity index (χ3v) is 5.94. The Balaban J connectivity index is 1.83. The Labute approximate surface area is 138 Å². The molecule has 23 heavy (non-hydrogen) atoms. The van der Waals surface area contributed by atoms with Gasteiger partial charge in [0, 0.05) is 27.7 Å². The normalized spacial score (nSPS) is 18.4. The molecule has 1 aromatic rings. The smallest absolute Gasteiger partial charge is 0.232 e. The number of rotatable bonds is 6. The monoisotopic (exact) mass is 343 g/mol. The van der Waals surface area contributed by atoms with Crippen LogP contribution in [0.25, 0.3) is 0 Å². The zero-order chi connectivity index (χ0) is 16.8. The van der Waals surface area contributed by atoms with Crippen LogP contribution in [0.4, 0.5) is 8.78 Å². The highest BCUT2D eigenvalue weighted by Gasteiger charge is 2.22. The van der Waals surface area contributed by atoms with Gasteiger partial charge < -0.3 is 5.32 Å². The van der Waals surface area contributed by atoms with E-state index in [-0.39, 0.29) is 28.9 Å². The van der Waals surface area contributed by atoms with Gasteiger partial charge in [-0.2, -0.15) is 0 Å². The van der Waals surface area contributed by atoms with Crippen LogP contribution in [-0.4, -0.2) is 27.2 Å². The molecule has 1 aliphatic rings. The van der Waals surface area contributed by atoms with Crippen molar-refractivity contribution in [3.05, 3.63) is 35.4 Å². The molecule has 6 heteroatoms. The van der Waals surface area contributed by atoms with E-state index in [0.717, 1.165) is 25.7 Å². The topological polar surface area (TPSA) is 46.2 Å². The molecule has 0 heterocycles. The van der Waals surface area contributed by atoms with Crippen molar-refractivity contribution in [1.29, 1.82) is 0 Å². The summed E-state index contributed by atoms with van der Waals surface area (Å²) in [4.78, 5) is 12.0. The predicted molar refractivity (Wildman–Crippen MR) is 87.5 cm³/mol. The van der Waals surface area contributed by atoms with E-state index >= 15 is 0 Å². The largest absolute Gasteiger partial charge is 0.353 e. The van der Waals surface area contributed by atoms with E-state index in [1.54, 1.807) is 6.92 Å². The lowest BCUT2D eigenvalue weighted by Gasteiger charge is -2.21. The van der Waals surface area contributed by atoms with E-state index in [0.29, 0.717) is 0 Å². The van der Waals surface area contributed by atoms with Gasteiger partial charge in [0.25, 0.3) is 0 Å². The molecule has 1 aliphatic carbocycles. The molecule has 1 saturated carbocycles. The molecule has 1 aromatic carbocycles. The second-order valence-electron chi connectivity index (χ2n) is 6.16. The quantitative estimate of drug-likeness (QED) is 0.863. The number of benzene rings is 1. The van der Waals surface area contributed by atoms with Crippen molar-refractivity contribution in [2.45, 2.75) is 56.7 Å². The fraction of sp³-hybridized carbons (Fsp3) is 0.588. The first kappa shape index (κ1) is 18.0. The molecule has 0 aromatic heterocycles. The maximum atomic E-state index is 13.6. The van der Waals surface area contributed by atoms with E-state index in [4.69, 9.17) is 0 Å². The van der Waals surface area contributed by atoms with E-state index in [1.807, 2.05) is 0 Å². The fourth-order valence-electron chi connectivity index (χ4n) is 2.98. The van der Waals surface area contributed by atoms with Crippen molar-refractivity contribution >= 4 is 16.7 Å². The zero-order valence-electron chi connectivity index (χ0n) is 13.3. The lowest BCUT2D eigenvalue weighted by molar-refractivity contribution is -0.119. The van der Waals surface area contributed by atoms with Gasteiger partial charge in [0.1, 0.15) is 17.4 Å². The van der Waals surface area contributed by atoms with Crippen LogP contribution in [0, 0.1) is 11.6 Å². The molecule has 128 valence electrons. The molecule has 0 bridgehead atoms. The minimum atomic E-state index is -1.17. The van der Waals surface area contributed by atoms with Crippen LogP contribution in [0.2, 0.25) is 0 Å². The summed E-state index contributed by atoms with van der Waals surface area (Å²) < 4.78 is 39.4. The standard InChI is InChI=1S/C17H23F2NO2S/c1-12(10-14-15(18)8-5-9-16(14)19)20-17(21)11-23(22)13-6-3-2-4-7-13/h5,8-9,12-13H,2-4,6-7,10-11H2,1H3,(H,20,21). The third-order valence-electron chi connectivity index (χ3n) is 4.18. The molecule has 2 rings (SSSR count). The summed E-state index contributed by atoms with van der Waals surface area (Å²) in [5.74, 6) is -1.58. The highest BCUT2D eigenvalue weighted by atomic mass is 32.2. The summed E-state index contributed by atoms with van der Waals surface area (Å²) >= 11 is 0. The van der Waals surface area contributed by atoms with Gasteiger partial charge in [-0.25, -0.2) is 8.78 Å². The van der Waals surface area contributed by atoms with Crippen LogP contribution >= 0.6 is 0 Å². The molecule has 2 unspecified atom stereocenters. The van der Waals surface area contributed by atoms with Gasteiger partial charge in [0.2, 0.25) is 5.91 Å². The summed E-state index contributed by atoms with van der Waals surface area (Å²) in [6.07, 6.45) is 5.21. The number of hydrogen-bond donors (Lipinski definition) is 1. The Morgan fingerprint density at radius 2 is 1.87 bits per heavy atom. The van der Waals surface area contributed by atoms with Gasteiger partial charge in [-0.15, -0.1) is 0 Å². The first-order valence-electron chi connectivity index (χ1n) is 8.07. The Morgan fingerprint density at radius 1 is 1.26 bits per heavy atom. The summed E-state index contributed by atoms with van der Waals surface area (Å²) in [5.41, 5.74) is -0.0336. The van der Waals surface area contributed by atoms with Gasteiger partial charge in [-0.3, -0.25) is 9.00 Å². The molecule has 0 radical (unpaired) electrons. The average Bonchev–Trinajstić information content (AvgIpc) is 2.51. The number of carbonyl (C=O) groups excluding carboxylic acids is 1. The molecule has 0 saturated heterocycles. The summed E-state index contributed by atoms with van der Waals surface area (Å²) in [5, 5.41) is 2.79. The Kier molecular flexibility index (Phi) is 6.69. The Bertz CT molecular complexity index is 553. The highest BCUT2D eigenvalue weighted by molar-refractivity contribution is 7.86. The highest BCUT2D eigenvalue weighted by Crippen LogP contribution is 2.22. The van der Waals surface area contributed by atoms with E-state index < -0.39 is 28.5 Å². The van der Waals surface area contributed by atoms with Crippen LogP contribution in [0.1, 0.15) is 44.6 Å². The zero-order valence-corrected chi connectivity index (χ0v) is 14.1. The first-order valence-corrected chi connectivity index (χ1v) is 9.45. The maximum Gasteiger partial charge on any atom is 0.232 e. The molecule has 1 fully saturated rings. The maximum absolute atomic E-state index is 13.6. The molecule has 1 amide bonds. The van der Waals surface area contributed by atoms with Crippen LogP contribution < -0.4 is 5.32 Å².